The number of carbonyl (C=O) groups excluding carboxylic acids is 1. The molecule has 1 aromatic carbocycles. The van der Waals surface area contributed by atoms with Crippen molar-refractivity contribution in [1.29, 1.82) is 0 Å². The second kappa shape index (κ2) is 8.77. The number of ether oxygens (including phenoxy) is 1. The van der Waals surface area contributed by atoms with Crippen molar-refractivity contribution in [1.82, 2.24) is 5.32 Å². The van der Waals surface area contributed by atoms with E-state index < -0.39 is 0 Å². The fraction of sp³-hybridized carbons (Fsp3) is 0.500. The molecule has 0 bridgehead atoms. The number of hydrogen-bond donors (Lipinski definition) is 2. The number of unbranched alkanes of at least 4 members (excludes halogenated alkanes) is 2. The zero-order valence-electron chi connectivity index (χ0n) is 11.5. The smallest absolute Gasteiger partial charge is 0.238 e. The minimum atomic E-state index is -0.0999. The lowest BCUT2D eigenvalue weighted by Crippen LogP contribution is -2.28. The number of anilines is 1. The van der Waals surface area contributed by atoms with Crippen LogP contribution in [0.4, 0.5) is 5.69 Å². The first-order valence-electron chi connectivity index (χ1n) is 6.51. The van der Waals surface area contributed by atoms with E-state index in [2.05, 4.69) is 17.6 Å². The largest absolute Gasteiger partial charge is 0.495 e. The highest BCUT2D eigenvalue weighted by atomic mass is 35.5. The summed E-state index contributed by atoms with van der Waals surface area (Å²) < 4.78 is 5.17. The third kappa shape index (κ3) is 5.94. The van der Waals surface area contributed by atoms with E-state index in [-0.39, 0.29) is 5.91 Å². The van der Waals surface area contributed by atoms with Crippen molar-refractivity contribution in [2.24, 2.45) is 0 Å². The number of benzene rings is 1. The molecule has 0 radical (unpaired) electrons. The maximum atomic E-state index is 11.8. The Kier molecular flexibility index (Phi) is 7.30. The van der Waals surface area contributed by atoms with Crippen LogP contribution in [0.1, 0.15) is 26.2 Å². The summed E-state index contributed by atoms with van der Waals surface area (Å²) in [6.07, 6.45) is 3.44. The molecule has 0 saturated carbocycles. The van der Waals surface area contributed by atoms with Gasteiger partial charge in [0.2, 0.25) is 5.91 Å². The molecule has 1 amide bonds. The molecule has 0 fully saturated rings. The molecule has 1 rings (SSSR count). The van der Waals surface area contributed by atoms with Crippen molar-refractivity contribution >= 4 is 23.2 Å². The fourth-order valence-electron chi connectivity index (χ4n) is 1.67. The predicted molar refractivity (Wildman–Crippen MR) is 79.0 cm³/mol. The predicted octanol–water partition coefficient (Wildman–Crippen LogP) is 3.07. The third-order valence-electron chi connectivity index (χ3n) is 2.68. The number of rotatable bonds is 8. The van der Waals surface area contributed by atoms with Crippen LogP contribution >= 0.6 is 11.6 Å². The van der Waals surface area contributed by atoms with Crippen molar-refractivity contribution in [2.45, 2.75) is 26.2 Å². The van der Waals surface area contributed by atoms with Gasteiger partial charge in [0.1, 0.15) is 5.75 Å². The lowest BCUT2D eigenvalue weighted by atomic mass is 10.2. The summed E-state index contributed by atoms with van der Waals surface area (Å²) in [5.74, 6) is 0.501. The number of nitrogens with one attached hydrogen (secondary N) is 2. The number of halogens is 1. The standard InChI is InChI=1S/C14H21ClN2O2/c1-3-4-5-8-16-10-14(18)17-12-9-11(15)6-7-13(12)19-2/h6-7,9,16H,3-5,8,10H2,1-2H3,(H,17,18). The van der Waals surface area contributed by atoms with E-state index in [1.165, 1.54) is 12.8 Å². The highest BCUT2D eigenvalue weighted by molar-refractivity contribution is 6.31. The number of hydrogen-bond acceptors (Lipinski definition) is 3. The Morgan fingerprint density at radius 1 is 1.37 bits per heavy atom. The molecule has 0 aliphatic heterocycles. The Morgan fingerprint density at radius 2 is 2.16 bits per heavy atom. The first-order chi connectivity index (χ1) is 9.17. The van der Waals surface area contributed by atoms with E-state index in [1.54, 1.807) is 25.3 Å². The van der Waals surface area contributed by atoms with Crippen LogP contribution in [0.2, 0.25) is 5.02 Å². The van der Waals surface area contributed by atoms with E-state index >= 15 is 0 Å². The summed E-state index contributed by atoms with van der Waals surface area (Å²) in [5, 5.41) is 6.45. The van der Waals surface area contributed by atoms with Crippen LogP contribution in [0.15, 0.2) is 18.2 Å². The number of methoxy groups -OCH3 is 1. The van der Waals surface area contributed by atoms with Crippen LogP contribution in [-0.4, -0.2) is 26.1 Å². The molecule has 4 nitrogen and oxygen atoms in total. The van der Waals surface area contributed by atoms with Crippen LogP contribution in [0.25, 0.3) is 0 Å². The Hall–Kier alpha value is -1.26. The molecule has 106 valence electrons. The highest BCUT2D eigenvalue weighted by Gasteiger charge is 2.07. The van der Waals surface area contributed by atoms with Crippen molar-refractivity contribution in [2.75, 3.05) is 25.5 Å². The summed E-state index contributed by atoms with van der Waals surface area (Å²) in [5.41, 5.74) is 0.593. The average molecular weight is 285 g/mol. The van der Waals surface area contributed by atoms with Gasteiger partial charge in [-0.15, -0.1) is 0 Å². The van der Waals surface area contributed by atoms with Gasteiger partial charge in [-0.1, -0.05) is 31.4 Å². The van der Waals surface area contributed by atoms with E-state index in [1.807, 2.05) is 0 Å². The Balaban J connectivity index is 2.41. The molecular weight excluding hydrogens is 264 g/mol. The summed E-state index contributed by atoms with van der Waals surface area (Å²) in [4.78, 5) is 11.8. The summed E-state index contributed by atoms with van der Waals surface area (Å²) in [6.45, 7) is 3.30. The van der Waals surface area contributed by atoms with Crippen LogP contribution in [0.5, 0.6) is 5.75 Å². The number of amides is 1. The molecule has 0 spiro atoms. The van der Waals surface area contributed by atoms with Crippen LogP contribution in [0, 0.1) is 0 Å². The molecule has 0 aromatic heterocycles. The van der Waals surface area contributed by atoms with Gasteiger partial charge < -0.3 is 15.4 Å². The molecular formula is C14H21ClN2O2. The van der Waals surface area contributed by atoms with E-state index in [0.29, 0.717) is 23.0 Å². The maximum absolute atomic E-state index is 11.8. The lowest BCUT2D eigenvalue weighted by Gasteiger charge is -2.11. The zero-order chi connectivity index (χ0) is 14.1. The monoisotopic (exact) mass is 284 g/mol. The summed E-state index contributed by atoms with van der Waals surface area (Å²) >= 11 is 5.90. The molecule has 0 aliphatic rings. The van der Waals surface area contributed by atoms with Gasteiger partial charge in [0, 0.05) is 5.02 Å². The van der Waals surface area contributed by atoms with E-state index in [0.717, 1.165) is 13.0 Å². The first kappa shape index (κ1) is 15.8. The summed E-state index contributed by atoms with van der Waals surface area (Å²) in [7, 11) is 1.56. The minimum Gasteiger partial charge on any atom is -0.495 e. The molecule has 0 unspecified atom stereocenters. The second-order valence-electron chi connectivity index (χ2n) is 4.28. The third-order valence-corrected chi connectivity index (χ3v) is 2.91. The molecule has 2 N–H and O–H groups in total. The van der Waals surface area contributed by atoms with Gasteiger partial charge in [-0.3, -0.25) is 4.79 Å². The number of carbonyl (C=O) groups is 1. The van der Waals surface area contributed by atoms with Gasteiger partial charge in [0.15, 0.2) is 0 Å². The second-order valence-corrected chi connectivity index (χ2v) is 4.71. The Bertz CT molecular complexity index is 410. The normalized spacial score (nSPS) is 10.3. The van der Waals surface area contributed by atoms with Crippen LogP contribution < -0.4 is 15.4 Å². The zero-order valence-corrected chi connectivity index (χ0v) is 12.2. The van der Waals surface area contributed by atoms with Gasteiger partial charge in [-0.05, 0) is 31.2 Å². The van der Waals surface area contributed by atoms with Gasteiger partial charge in [-0.25, -0.2) is 0 Å². The molecule has 0 aliphatic carbocycles. The van der Waals surface area contributed by atoms with Gasteiger partial charge in [0.25, 0.3) is 0 Å². The summed E-state index contributed by atoms with van der Waals surface area (Å²) in [6, 6.07) is 5.13. The van der Waals surface area contributed by atoms with Crippen molar-refractivity contribution in [3.05, 3.63) is 23.2 Å². The van der Waals surface area contributed by atoms with Crippen molar-refractivity contribution in [3.8, 4) is 5.75 Å². The fourth-order valence-corrected chi connectivity index (χ4v) is 1.85. The van der Waals surface area contributed by atoms with Crippen LogP contribution in [-0.2, 0) is 4.79 Å². The van der Waals surface area contributed by atoms with Gasteiger partial charge in [-0.2, -0.15) is 0 Å². The molecule has 0 saturated heterocycles. The van der Waals surface area contributed by atoms with E-state index in [9.17, 15) is 4.79 Å². The molecule has 1 aromatic rings. The highest BCUT2D eigenvalue weighted by Crippen LogP contribution is 2.27. The molecule has 0 atom stereocenters. The van der Waals surface area contributed by atoms with E-state index in [4.69, 9.17) is 16.3 Å². The molecule has 0 heterocycles. The molecule has 19 heavy (non-hydrogen) atoms. The SMILES string of the molecule is CCCCCNCC(=O)Nc1cc(Cl)ccc1OC. The average Bonchev–Trinajstić information content (AvgIpc) is 2.39. The lowest BCUT2D eigenvalue weighted by molar-refractivity contribution is -0.115. The van der Waals surface area contributed by atoms with Crippen molar-refractivity contribution < 1.29 is 9.53 Å². The minimum absolute atomic E-state index is 0.0999. The first-order valence-corrected chi connectivity index (χ1v) is 6.89. The Labute approximate surface area is 119 Å². The van der Waals surface area contributed by atoms with Crippen LogP contribution in [0.3, 0.4) is 0 Å². The maximum Gasteiger partial charge on any atom is 0.238 e. The van der Waals surface area contributed by atoms with Gasteiger partial charge >= 0.3 is 0 Å². The van der Waals surface area contributed by atoms with Crippen molar-refractivity contribution in [3.63, 3.8) is 0 Å². The quantitative estimate of drug-likeness (QED) is 0.721. The topological polar surface area (TPSA) is 50.4 Å². The Morgan fingerprint density at radius 3 is 2.84 bits per heavy atom. The van der Waals surface area contributed by atoms with Gasteiger partial charge in [0.05, 0.1) is 19.3 Å². The molecule has 5 heteroatoms.